The number of amides is 1. The fourth-order valence-corrected chi connectivity index (χ4v) is 5.54. The number of carbonyl (C=O) groups excluding carboxylic acids is 2. The number of thiazole rings is 1. The van der Waals surface area contributed by atoms with Gasteiger partial charge in [0.15, 0.2) is 10.9 Å². The Labute approximate surface area is 202 Å². The number of hydrogen-bond donors (Lipinski definition) is 1. The van der Waals surface area contributed by atoms with E-state index in [2.05, 4.69) is 30.5 Å². The van der Waals surface area contributed by atoms with E-state index >= 15 is 0 Å². The lowest BCUT2D eigenvalue weighted by Crippen LogP contribution is -2.31. The second kappa shape index (κ2) is 8.52. The van der Waals surface area contributed by atoms with Crippen molar-refractivity contribution in [2.45, 2.75) is 32.6 Å². The van der Waals surface area contributed by atoms with E-state index in [0.717, 1.165) is 27.6 Å². The highest BCUT2D eigenvalue weighted by Gasteiger charge is 2.27. The van der Waals surface area contributed by atoms with Crippen molar-refractivity contribution in [3.05, 3.63) is 48.2 Å². The van der Waals surface area contributed by atoms with Crippen LogP contribution < -0.4 is 14.4 Å². The van der Waals surface area contributed by atoms with Crippen molar-refractivity contribution in [1.82, 2.24) is 4.98 Å². The number of methoxy groups -OCH3 is 1. The Morgan fingerprint density at radius 2 is 1.88 bits per heavy atom. The number of ether oxygens (including phenoxy) is 1. The number of fused-ring (bicyclic) bond motifs is 1. The molecule has 1 aliphatic rings. The van der Waals surface area contributed by atoms with Crippen LogP contribution in [0.2, 0.25) is 0 Å². The number of sulfonamides is 1. The summed E-state index contributed by atoms with van der Waals surface area (Å²) in [7, 11) is -1.83. The van der Waals surface area contributed by atoms with Crippen LogP contribution in [0.15, 0.2) is 42.6 Å². The van der Waals surface area contributed by atoms with Crippen LogP contribution in [-0.4, -0.2) is 38.5 Å². The molecule has 178 valence electrons. The minimum Gasteiger partial charge on any atom is -0.496 e. The Morgan fingerprint density at radius 3 is 2.50 bits per heavy atom. The number of benzene rings is 2. The van der Waals surface area contributed by atoms with Gasteiger partial charge in [-0.25, -0.2) is 13.4 Å². The third kappa shape index (κ3) is 4.83. The monoisotopic (exact) mass is 499 g/mol. The Bertz CT molecular complexity index is 1450. The molecule has 1 amide bonds. The molecule has 0 unspecified atom stereocenters. The Hall–Kier alpha value is -3.24. The third-order valence-electron chi connectivity index (χ3n) is 5.34. The van der Waals surface area contributed by atoms with Crippen LogP contribution in [0, 0.1) is 0 Å². The molecule has 0 radical (unpaired) electrons. The highest BCUT2D eigenvalue weighted by Crippen LogP contribution is 2.44. The molecule has 0 bridgehead atoms. The summed E-state index contributed by atoms with van der Waals surface area (Å²) in [5.74, 6) is 0.164. The van der Waals surface area contributed by atoms with Crippen molar-refractivity contribution in [1.29, 1.82) is 0 Å². The van der Waals surface area contributed by atoms with Gasteiger partial charge in [-0.3, -0.25) is 19.2 Å². The SMILES string of the molecule is COc1c(-c2ccc3nc(NS(C)(=O)=O)sc3c2)cc(N2C=CC(=O)CC2=O)cc1C(C)(C)C. The minimum absolute atomic E-state index is 0.175. The fourth-order valence-electron chi connectivity index (χ4n) is 3.80. The summed E-state index contributed by atoms with van der Waals surface area (Å²) in [6.45, 7) is 6.18. The van der Waals surface area contributed by atoms with Gasteiger partial charge in [-0.2, -0.15) is 0 Å². The van der Waals surface area contributed by atoms with Crippen molar-refractivity contribution >= 4 is 54.1 Å². The molecule has 0 aliphatic carbocycles. The largest absolute Gasteiger partial charge is 0.496 e. The summed E-state index contributed by atoms with van der Waals surface area (Å²) in [5.41, 5.74) is 3.52. The van der Waals surface area contributed by atoms with Crippen molar-refractivity contribution < 1.29 is 22.7 Å². The summed E-state index contributed by atoms with van der Waals surface area (Å²) < 4.78 is 32.3. The molecule has 4 rings (SSSR count). The van der Waals surface area contributed by atoms with Gasteiger partial charge in [-0.1, -0.05) is 38.2 Å². The van der Waals surface area contributed by atoms with E-state index in [4.69, 9.17) is 4.74 Å². The van der Waals surface area contributed by atoms with E-state index in [1.165, 1.54) is 28.5 Å². The molecule has 0 spiro atoms. The van der Waals surface area contributed by atoms with Gasteiger partial charge >= 0.3 is 0 Å². The maximum Gasteiger partial charge on any atom is 0.238 e. The molecule has 0 saturated heterocycles. The molecular weight excluding hydrogens is 474 g/mol. The van der Waals surface area contributed by atoms with Crippen molar-refractivity contribution in [2.75, 3.05) is 23.0 Å². The Kier molecular flexibility index (Phi) is 5.99. The van der Waals surface area contributed by atoms with Crippen LogP contribution in [0.1, 0.15) is 32.8 Å². The highest BCUT2D eigenvalue weighted by atomic mass is 32.2. The van der Waals surface area contributed by atoms with Crippen molar-refractivity contribution in [2.24, 2.45) is 0 Å². The molecule has 3 aromatic rings. The van der Waals surface area contributed by atoms with Gasteiger partial charge in [-0.15, -0.1) is 0 Å². The molecule has 34 heavy (non-hydrogen) atoms. The maximum absolute atomic E-state index is 12.6. The smallest absolute Gasteiger partial charge is 0.238 e. The van der Waals surface area contributed by atoms with Crippen LogP contribution in [0.5, 0.6) is 5.75 Å². The lowest BCUT2D eigenvalue weighted by atomic mass is 9.83. The number of hydrogen-bond acceptors (Lipinski definition) is 7. The molecule has 1 aliphatic heterocycles. The van der Waals surface area contributed by atoms with Crippen LogP contribution in [0.4, 0.5) is 10.8 Å². The van der Waals surface area contributed by atoms with Crippen LogP contribution in [0.3, 0.4) is 0 Å². The molecule has 1 aromatic heterocycles. The first kappa shape index (κ1) is 23.9. The van der Waals surface area contributed by atoms with E-state index in [1.807, 2.05) is 30.3 Å². The molecule has 1 N–H and O–H groups in total. The summed E-state index contributed by atoms with van der Waals surface area (Å²) >= 11 is 1.23. The number of nitrogens with zero attached hydrogens (tertiary/aromatic N) is 2. The minimum atomic E-state index is -3.44. The number of nitrogens with one attached hydrogen (secondary N) is 1. The van der Waals surface area contributed by atoms with Crippen molar-refractivity contribution in [3.63, 3.8) is 0 Å². The zero-order valence-electron chi connectivity index (χ0n) is 19.5. The standard InChI is InChI=1S/C24H25N3O5S2/c1-24(2,3)18-12-15(27-9-8-16(28)13-21(27)29)11-17(22(18)32-4)14-6-7-19-20(10-14)33-23(25-19)26-34(5,30)31/h6-12H,13H2,1-5H3,(H,25,26). The predicted molar refractivity (Wildman–Crippen MR) is 135 cm³/mol. The number of aromatic nitrogens is 1. The van der Waals surface area contributed by atoms with Crippen LogP contribution >= 0.6 is 11.3 Å². The van der Waals surface area contributed by atoms with Gasteiger partial charge in [0.05, 0.1) is 30.0 Å². The van der Waals surface area contributed by atoms with E-state index in [9.17, 15) is 18.0 Å². The maximum atomic E-state index is 12.6. The lowest BCUT2D eigenvalue weighted by molar-refractivity contribution is -0.124. The molecule has 8 nitrogen and oxygen atoms in total. The average Bonchev–Trinajstić information content (AvgIpc) is 3.11. The van der Waals surface area contributed by atoms with E-state index in [-0.39, 0.29) is 23.5 Å². The number of ketones is 1. The van der Waals surface area contributed by atoms with Gasteiger partial charge in [-0.05, 0) is 41.3 Å². The first-order valence-corrected chi connectivity index (χ1v) is 13.2. The number of carbonyl (C=O) groups is 2. The van der Waals surface area contributed by atoms with Gasteiger partial charge in [0.25, 0.3) is 0 Å². The topological polar surface area (TPSA) is 106 Å². The molecule has 2 heterocycles. The van der Waals surface area contributed by atoms with Gasteiger partial charge in [0.1, 0.15) is 5.75 Å². The number of allylic oxidation sites excluding steroid dienone is 1. The Balaban J connectivity index is 1.90. The highest BCUT2D eigenvalue weighted by molar-refractivity contribution is 7.92. The van der Waals surface area contributed by atoms with E-state index in [0.29, 0.717) is 22.1 Å². The first-order valence-electron chi connectivity index (χ1n) is 10.5. The second-order valence-corrected chi connectivity index (χ2v) is 11.9. The average molecular weight is 500 g/mol. The molecular formula is C24H25N3O5S2. The summed E-state index contributed by atoms with van der Waals surface area (Å²) in [5, 5.41) is 0.291. The number of anilines is 2. The molecule has 2 aromatic carbocycles. The fraction of sp³-hybridized carbons (Fsp3) is 0.292. The van der Waals surface area contributed by atoms with Crippen LogP contribution in [0.25, 0.3) is 21.3 Å². The predicted octanol–water partition coefficient (Wildman–Crippen LogP) is 4.46. The zero-order valence-corrected chi connectivity index (χ0v) is 21.1. The zero-order chi connectivity index (χ0) is 24.8. The lowest BCUT2D eigenvalue weighted by Gasteiger charge is -2.28. The van der Waals surface area contributed by atoms with Gasteiger partial charge in [0, 0.05) is 23.0 Å². The molecule has 0 saturated carbocycles. The molecule has 10 heteroatoms. The Morgan fingerprint density at radius 1 is 1.15 bits per heavy atom. The van der Waals surface area contributed by atoms with Gasteiger partial charge < -0.3 is 4.74 Å². The van der Waals surface area contributed by atoms with Crippen LogP contribution in [-0.2, 0) is 25.0 Å². The normalized spacial score (nSPS) is 14.7. The quantitative estimate of drug-likeness (QED) is 0.520. The number of rotatable bonds is 5. The second-order valence-electron chi connectivity index (χ2n) is 9.12. The van der Waals surface area contributed by atoms with E-state index < -0.39 is 10.0 Å². The summed E-state index contributed by atoms with van der Waals surface area (Å²) in [4.78, 5) is 30.1. The van der Waals surface area contributed by atoms with Crippen molar-refractivity contribution in [3.8, 4) is 16.9 Å². The molecule has 0 fully saturated rings. The summed E-state index contributed by atoms with van der Waals surface area (Å²) in [6, 6.07) is 9.41. The first-order chi connectivity index (χ1) is 15.9. The van der Waals surface area contributed by atoms with Gasteiger partial charge in [0.2, 0.25) is 15.9 Å². The summed E-state index contributed by atoms with van der Waals surface area (Å²) in [6.07, 6.45) is 3.81. The third-order valence-corrected chi connectivity index (χ3v) is 6.97. The van der Waals surface area contributed by atoms with E-state index in [1.54, 1.807) is 7.11 Å². The molecule has 0 atom stereocenters.